The second-order valence-electron chi connectivity index (χ2n) is 4.93. The molecule has 102 valence electrons. The monoisotopic (exact) mass is 255 g/mol. The zero-order valence-electron chi connectivity index (χ0n) is 11.1. The lowest BCUT2D eigenvalue weighted by molar-refractivity contribution is -0.134. The second-order valence-corrected chi connectivity index (χ2v) is 4.93. The number of carboxylic acids is 1. The molecule has 1 saturated heterocycles. The maximum Gasteiger partial charge on any atom is 0.331 e. The Hall–Kier alpha value is -1.36. The van der Waals surface area contributed by atoms with Gasteiger partial charge in [-0.05, 0) is 39.5 Å². The minimum Gasteiger partial charge on any atom is -0.478 e. The quantitative estimate of drug-likeness (QED) is 0.738. The van der Waals surface area contributed by atoms with Crippen molar-refractivity contribution in [2.75, 3.05) is 13.1 Å². The van der Waals surface area contributed by atoms with Gasteiger partial charge in [-0.2, -0.15) is 0 Å². The van der Waals surface area contributed by atoms with E-state index >= 15 is 0 Å². The van der Waals surface area contributed by atoms with Gasteiger partial charge in [-0.25, -0.2) is 4.79 Å². The first-order valence-corrected chi connectivity index (χ1v) is 6.22. The summed E-state index contributed by atoms with van der Waals surface area (Å²) in [6, 6.07) is 0. The van der Waals surface area contributed by atoms with Crippen molar-refractivity contribution < 1.29 is 19.8 Å². The molecule has 5 heteroatoms. The third-order valence-corrected chi connectivity index (χ3v) is 3.71. The Bertz CT molecular complexity index is 365. The molecule has 1 unspecified atom stereocenters. The predicted molar refractivity (Wildman–Crippen MR) is 67.0 cm³/mol. The average molecular weight is 255 g/mol. The fraction of sp³-hybridized carbons (Fsp3) is 0.692. The van der Waals surface area contributed by atoms with Gasteiger partial charge in [-0.3, -0.25) is 4.79 Å². The molecule has 1 atom stereocenters. The zero-order chi connectivity index (χ0) is 13.9. The number of nitrogens with zero attached hydrogens (tertiary/aromatic N) is 1. The molecule has 5 nitrogen and oxygen atoms in total. The SMILES string of the molecule is CC(C(=O)O)=C(C)C(=O)N1CCC(C(C)O)CC1. The third-order valence-electron chi connectivity index (χ3n) is 3.71. The molecule has 1 aliphatic rings. The van der Waals surface area contributed by atoms with Crippen LogP contribution in [0.4, 0.5) is 0 Å². The van der Waals surface area contributed by atoms with Crippen molar-refractivity contribution in [3.8, 4) is 0 Å². The number of carbonyl (C=O) groups is 2. The van der Waals surface area contributed by atoms with Crippen LogP contribution in [-0.2, 0) is 9.59 Å². The summed E-state index contributed by atoms with van der Waals surface area (Å²) in [6.07, 6.45) is 1.19. The first-order chi connectivity index (χ1) is 8.34. The highest BCUT2D eigenvalue weighted by atomic mass is 16.4. The Labute approximate surface area is 107 Å². The first kappa shape index (κ1) is 14.7. The summed E-state index contributed by atoms with van der Waals surface area (Å²) in [7, 11) is 0. The van der Waals surface area contributed by atoms with Gasteiger partial charge in [0.1, 0.15) is 0 Å². The molecule has 0 bridgehead atoms. The zero-order valence-corrected chi connectivity index (χ0v) is 11.1. The maximum absolute atomic E-state index is 12.1. The lowest BCUT2D eigenvalue weighted by Crippen LogP contribution is -2.41. The molecular weight excluding hydrogens is 234 g/mol. The van der Waals surface area contributed by atoms with Gasteiger partial charge in [0.05, 0.1) is 6.10 Å². The van der Waals surface area contributed by atoms with Crippen LogP contribution in [0.3, 0.4) is 0 Å². The molecule has 1 rings (SSSR count). The van der Waals surface area contributed by atoms with E-state index in [4.69, 9.17) is 5.11 Å². The first-order valence-electron chi connectivity index (χ1n) is 6.22. The Morgan fingerprint density at radius 3 is 2.06 bits per heavy atom. The molecule has 2 N–H and O–H groups in total. The van der Waals surface area contributed by atoms with E-state index < -0.39 is 5.97 Å². The summed E-state index contributed by atoms with van der Waals surface area (Å²) in [6.45, 7) is 5.92. The molecule has 1 heterocycles. The Morgan fingerprint density at radius 1 is 1.17 bits per heavy atom. The van der Waals surface area contributed by atoms with Gasteiger partial charge in [0.2, 0.25) is 5.91 Å². The lowest BCUT2D eigenvalue weighted by Gasteiger charge is -2.33. The number of rotatable bonds is 3. The Kier molecular flexibility index (Phi) is 4.90. The van der Waals surface area contributed by atoms with Gasteiger partial charge >= 0.3 is 5.97 Å². The van der Waals surface area contributed by atoms with Gasteiger partial charge in [0.15, 0.2) is 0 Å². The van der Waals surface area contributed by atoms with E-state index in [1.165, 1.54) is 6.92 Å². The molecule has 1 aliphatic heterocycles. The van der Waals surface area contributed by atoms with Gasteiger partial charge in [-0.15, -0.1) is 0 Å². The van der Waals surface area contributed by atoms with Crippen molar-refractivity contribution in [2.45, 2.75) is 39.7 Å². The number of aliphatic carboxylic acids is 1. The molecule has 0 radical (unpaired) electrons. The number of amides is 1. The van der Waals surface area contributed by atoms with Crippen LogP contribution in [0.1, 0.15) is 33.6 Å². The van der Waals surface area contributed by atoms with E-state index in [-0.39, 0.29) is 29.1 Å². The molecule has 0 saturated carbocycles. The molecule has 0 aromatic carbocycles. The molecule has 1 fully saturated rings. The largest absolute Gasteiger partial charge is 0.478 e. The standard InChI is InChI=1S/C13H21NO4/c1-8(9(2)13(17)18)12(16)14-6-4-11(5-7-14)10(3)15/h10-11,15H,4-7H2,1-3H3,(H,17,18). The van der Waals surface area contributed by atoms with Crippen LogP contribution in [0.15, 0.2) is 11.1 Å². The van der Waals surface area contributed by atoms with E-state index in [0.717, 1.165) is 12.8 Å². The van der Waals surface area contributed by atoms with Crippen molar-refractivity contribution in [3.63, 3.8) is 0 Å². The van der Waals surface area contributed by atoms with E-state index in [0.29, 0.717) is 13.1 Å². The fourth-order valence-corrected chi connectivity index (χ4v) is 2.14. The highest BCUT2D eigenvalue weighted by Crippen LogP contribution is 2.22. The average Bonchev–Trinajstić information content (AvgIpc) is 2.36. The summed E-state index contributed by atoms with van der Waals surface area (Å²) in [5, 5.41) is 18.3. The van der Waals surface area contributed by atoms with Gasteiger partial charge in [0.25, 0.3) is 0 Å². The van der Waals surface area contributed by atoms with E-state index in [1.54, 1.807) is 18.7 Å². The highest BCUT2D eigenvalue weighted by molar-refractivity contribution is 6.01. The van der Waals surface area contributed by atoms with Crippen LogP contribution >= 0.6 is 0 Å². The third kappa shape index (κ3) is 3.32. The highest BCUT2D eigenvalue weighted by Gasteiger charge is 2.26. The van der Waals surface area contributed by atoms with Crippen molar-refractivity contribution in [1.82, 2.24) is 4.90 Å². The van der Waals surface area contributed by atoms with Gasteiger partial charge < -0.3 is 15.1 Å². The van der Waals surface area contributed by atoms with E-state index in [1.807, 2.05) is 0 Å². The van der Waals surface area contributed by atoms with Crippen molar-refractivity contribution in [2.24, 2.45) is 5.92 Å². The van der Waals surface area contributed by atoms with Crippen LogP contribution in [0.25, 0.3) is 0 Å². The summed E-state index contributed by atoms with van der Waals surface area (Å²) in [4.78, 5) is 24.5. The Morgan fingerprint density at radius 2 is 1.67 bits per heavy atom. The topological polar surface area (TPSA) is 77.8 Å². The number of aliphatic hydroxyl groups excluding tert-OH is 1. The van der Waals surface area contributed by atoms with E-state index in [9.17, 15) is 14.7 Å². The van der Waals surface area contributed by atoms with Crippen molar-refractivity contribution in [1.29, 1.82) is 0 Å². The number of carbonyl (C=O) groups excluding carboxylic acids is 1. The number of hydrogen-bond donors (Lipinski definition) is 2. The van der Waals surface area contributed by atoms with Crippen LogP contribution in [0.5, 0.6) is 0 Å². The summed E-state index contributed by atoms with van der Waals surface area (Å²) in [5.41, 5.74) is 0.385. The Balaban J connectivity index is 2.66. The molecule has 18 heavy (non-hydrogen) atoms. The number of likely N-dealkylation sites (tertiary alicyclic amines) is 1. The van der Waals surface area contributed by atoms with E-state index in [2.05, 4.69) is 0 Å². The molecule has 0 spiro atoms. The molecule has 0 aliphatic carbocycles. The van der Waals surface area contributed by atoms with Gasteiger partial charge in [-0.1, -0.05) is 0 Å². The normalized spacial score (nSPS) is 20.3. The van der Waals surface area contributed by atoms with Crippen LogP contribution < -0.4 is 0 Å². The summed E-state index contributed by atoms with van der Waals surface area (Å²) in [5.74, 6) is -1.03. The minimum absolute atomic E-state index is 0.0950. The summed E-state index contributed by atoms with van der Waals surface area (Å²) >= 11 is 0. The van der Waals surface area contributed by atoms with Crippen molar-refractivity contribution >= 4 is 11.9 Å². The second kappa shape index (κ2) is 6.00. The fourth-order valence-electron chi connectivity index (χ4n) is 2.14. The maximum atomic E-state index is 12.1. The molecule has 1 amide bonds. The number of piperidine rings is 1. The number of carboxylic acid groups (broad SMARTS) is 1. The molecular formula is C13H21NO4. The van der Waals surface area contributed by atoms with Gasteiger partial charge in [0, 0.05) is 24.2 Å². The van der Waals surface area contributed by atoms with Crippen LogP contribution in [-0.4, -0.2) is 46.2 Å². The summed E-state index contributed by atoms with van der Waals surface area (Å²) < 4.78 is 0. The predicted octanol–water partition coefficient (Wildman–Crippen LogP) is 1.03. The van der Waals surface area contributed by atoms with Crippen LogP contribution in [0, 0.1) is 5.92 Å². The lowest BCUT2D eigenvalue weighted by atomic mass is 9.92. The minimum atomic E-state index is -1.06. The number of aliphatic hydroxyl groups is 1. The number of hydrogen-bond acceptors (Lipinski definition) is 3. The van der Waals surface area contributed by atoms with Crippen LogP contribution in [0.2, 0.25) is 0 Å². The molecule has 0 aromatic rings. The smallest absolute Gasteiger partial charge is 0.331 e. The molecule has 0 aromatic heterocycles. The van der Waals surface area contributed by atoms with Crippen molar-refractivity contribution in [3.05, 3.63) is 11.1 Å².